The molecule has 2 aliphatic rings. The zero-order valence-electron chi connectivity index (χ0n) is 11.6. The van der Waals surface area contributed by atoms with Crippen LogP contribution in [-0.2, 0) is 0 Å². The highest BCUT2D eigenvalue weighted by molar-refractivity contribution is 5.82. The van der Waals surface area contributed by atoms with Crippen molar-refractivity contribution in [2.75, 3.05) is 0 Å². The molecule has 0 spiro atoms. The van der Waals surface area contributed by atoms with E-state index in [4.69, 9.17) is 0 Å². The van der Waals surface area contributed by atoms with Crippen molar-refractivity contribution in [1.82, 2.24) is 4.57 Å². The minimum Gasteiger partial charge on any atom is -0.294 e. The topological polar surface area (TPSA) is 22.0 Å². The number of nitrogens with zero attached hydrogens (tertiary/aromatic N) is 1. The molecular formula is C17H23NO. The van der Waals surface area contributed by atoms with Crippen LogP contribution in [0.1, 0.15) is 49.7 Å². The molecule has 0 amide bonds. The summed E-state index contributed by atoms with van der Waals surface area (Å²) < 4.78 is 1.76. The fraction of sp³-hybridized carbons (Fsp3) is 0.588. The van der Waals surface area contributed by atoms with Gasteiger partial charge in [0, 0.05) is 18.3 Å². The smallest absolute Gasteiger partial charge is 0.234 e. The molecule has 2 saturated carbocycles. The summed E-state index contributed by atoms with van der Waals surface area (Å²) in [5.41, 5.74) is 1.28. The standard InChI is InChI=1S/C17H23NO/c1-13-11-15(14-7-3-2-4-8-14)16(12-13)17(19)18-9-5-6-10-18/h5-6,9-10,14-16H,1-4,7-8,11-12H2/t15-,16+/m1/s1. The van der Waals surface area contributed by atoms with Gasteiger partial charge in [0.2, 0.25) is 5.91 Å². The first-order valence-electron chi connectivity index (χ1n) is 7.59. The van der Waals surface area contributed by atoms with Gasteiger partial charge >= 0.3 is 0 Å². The first kappa shape index (κ1) is 12.7. The third-order valence-electron chi connectivity index (χ3n) is 4.98. The summed E-state index contributed by atoms with van der Waals surface area (Å²) in [6, 6.07) is 3.86. The maximum atomic E-state index is 12.6. The van der Waals surface area contributed by atoms with E-state index in [-0.39, 0.29) is 11.8 Å². The van der Waals surface area contributed by atoms with Gasteiger partial charge in [-0.2, -0.15) is 0 Å². The van der Waals surface area contributed by atoms with Crippen LogP contribution in [0.3, 0.4) is 0 Å². The SMILES string of the molecule is C=C1C[C@H](C(=O)n2cccc2)[C@@H](C2CCCCC2)C1. The second kappa shape index (κ2) is 5.36. The average molecular weight is 257 g/mol. The molecule has 0 unspecified atom stereocenters. The van der Waals surface area contributed by atoms with Gasteiger partial charge in [0.1, 0.15) is 0 Å². The van der Waals surface area contributed by atoms with Gasteiger partial charge < -0.3 is 0 Å². The first-order chi connectivity index (χ1) is 9.25. The third kappa shape index (κ3) is 2.54. The van der Waals surface area contributed by atoms with Crippen LogP contribution in [0.2, 0.25) is 0 Å². The Balaban J connectivity index is 1.78. The lowest BCUT2D eigenvalue weighted by Gasteiger charge is -2.30. The van der Waals surface area contributed by atoms with Crippen LogP contribution in [0.5, 0.6) is 0 Å². The second-order valence-corrected chi connectivity index (χ2v) is 6.26. The summed E-state index contributed by atoms with van der Waals surface area (Å²) >= 11 is 0. The Morgan fingerprint density at radius 3 is 2.47 bits per heavy atom. The van der Waals surface area contributed by atoms with Gasteiger partial charge in [-0.05, 0) is 36.8 Å². The van der Waals surface area contributed by atoms with Crippen LogP contribution in [0.25, 0.3) is 0 Å². The van der Waals surface area contributed by atoms with Crippen molar-refractivity contribution in [3.63, 3.8) is 0 Å². The van der Waals surface area contributed by atoms with Gasteiger partial charge in [0.15, 0.2) is 0 Å². The largest absolute Gasteiger partial charge is 0.294 e. The van der Waals surface area contributed by atoms with Gasteiger partial charge in [-0.1, -0.05) is 44.3 Å². The van der Waals surface area contributed by atoms with Crippen LogP contribution < -0.4 is 0 Å². The van der Waals surface area contributed by atoms with Crippen molar-refractivity contribution in [2.45, 2.75) is 44.9 Å². The Bertz CT molecular complexity index is 454. The monoisotopic (exact) mass is 257 g/mol. The lowest BCUT2D eigenvalue weighted by Crippen LogP contribution is -2.29. The predicted octanol–water partition coefficient (Wildman–Crippen LogP) is 4.29. The molecule has 1 aromatic rings. The normalized spacial score (nSPS) is 28.7. The molecule has 102 valence electrons. The Morgan fingerprint density at radius 1 is 1.11 bits per heavy atom. The fourth-order valence-corrected chi connectivity index (χ4v) is 4.02. The Morgan fingerprint density at radius 2 is 1.79 bits per heavy atom. The highest BCUT2D eigenvalue weighted by atomic mass is 16.2. The van der Waals surface area contributed by atoms with Crippen LogP contribution in [0.4, 0.5) is 0 Å². The average Bonchev–Trinajstić information content (AvgIpc) is 3.08. The molecule has 2 aliphatic carbocycles. The molecule has 0 N–H and O–H groups in total. The van der Waals surface area contributed by atoms with E-state index in [0.29, 0.717) is 5.92 Å². The lowest BCUT2D eigenvalue weighted by atomic mass is 9.75. The minimum absolute atomic E-state index is 0.169. The van der Waals surface area contributed by atoms with E-state index in [1.165, 1.54) is 37.7 Å². The van der Waals surface area contributed by atoms with Crippen molar-refractivity contribution in [3.8, 4) is 0 Å². The molecule has 0 radical (unpaired) electrons. The summed E-state index contributed by atoms with van der Waals surface area (Å²) in [7, 11) is 0. The number of hydrogen-bond acceptors (Lipinski definition) is 1. The maximum Gasteiger partial charge on any atom is 0.234 e. The van der Waals surface area contributed by atoms with Crippen molar-refractivity contribution in [1.29, 1.82) is 0 Å². The van der Waals surface area contributed by atoms with Crippen molar-refractivity contribution in [3.05, 3.63) is 36.7 Å². The molecule has 2 atom stereocenters. The Labute approximate surface area is 115 Å². The number of rotatable bonds is 2. The number of aromatic nitrogens is 1. The molecule has 0 bridgehead atoms. The van der Waals surface area contributed by atoms with Gasteiger partial charge in [-0.25, -0.2) is 0 Å². The first-order valence-corrected chi connectivity index (χ1v) is 7.59. The number of carbonyl (C=O) groups excluding carboxylic acids is 1. The summed E-state index contributed by atoms with van der Waals surface area (Å²) in [5, 5.41) is 0. The molecule has 1 heterocycles. The number of carbonyl (C=O) groups is 1. The summed E-state index contributed by atoms with van der Waals surface area (Å²) in [6.45, 7) is 4.15. The van der Waals surface area contributed by atoms with Crippen molar-refractivity contribution in [2.24, 2.45) is 17.8 Å². The number of hydrogen-bond donors (Lipinski definition) is 0. The zero-order chi connectivity index (χ0) is 13.2. The molecular weight excluding hydrogens is 234 g/mol. The van der Waals surface area contributed by atoms with Crippen LogP contribution >= 0.6 is 0 Å². The second-order valence-electron chi connectivity index (χ2n) is 6.26. The van der Waals surface area contributed by atoms with E-state index in [2.05, 4.69) is 6.58 Å². The van der Waals surface area contributed by atoms with Gasteiger partial charge in [-0.15, -0.1) is 0 Å². The highest BCUT2D eigenvalue weighted by Gasteiger charge is 2.40. The quantitative estimate of drug-likeness (QED) is 0.724. The molecule has 2 fully saturated rings. The highest BCUT2D eigenvalue weighted by Crippen LogP contribution is 2.45. The third-order valence-corrected chi connectivity index (χ3v) is 4.98. The molecule has 19 heavy (non-hydrogen) atoms. The van der Waals surface area contributed by atoms with Crippen LogP contribution in [0.15, 0.2) is 36.7 Å². The van der Waals surface area contributed by atoms with Gasteiger partial charge in [0.05, 0.1) is 0 Å². The van der Waals surface area contributed by atoms with E-state index in [9.17, 15) is 4.79 Å². The predicted molar refractivity (Wildman–Crippen MR) is 77.0 cm³/mol. The summed E-state index contributed by atoms with van der Waals surface area (Å²) in [4.78, 5) is 12.6. The molecule has 0 aromatic carbocycles. The zero-order valence-corrected chi connectivity index (χ0v) is 11.6. The fourth-order valence-electron chi connectivity index (χ4n) is 4.02. The van der Waals surface area contributed by atoms with E-state index >= 15 is 0 Å². The summed E-state index contributed by atoms with van der Waals surface area (Å²) in [6.07, 6.45) is 12.4. The van der Waals surface area contributed by atoms with Gasteiger partial charge in [0.25, 0.3) is 0 Å². The molecule has 2 nitrogen and oxygen atoms in total. The Hall–Kier alpha value is -1.31. The van der Waals surface area contributed by atoms with Crippen molar-refractivity contribution < 1.29 is 4.79 Å². The minimum atomic E-state index is 0.169. The molecule has 0 aliphatic heterocycles. The molecule has 1 aromatic heterocycles. The van der Waals surface area contributed by atoms with Crippen LogP contribution in [-0.4, -0.2) is 10.5 Å². The van der Waals surface area contributed by atoms with E-state index < -0.39 is 0 Å². The summed E-state index contributed by atoms with van der Waals surface area (Å²) in [5.74, 6) is 1.74. The molecule has 0 saturated heterocycles. The van der Waals surface area contributed by atoms with E-state index in [1.807, 2.05) is 24.5 Å². The van der Waals surface area contributed by atoms with E-state index in [1.54, 1.807) is 4.57 Å². The van der Waals surface area contributed by atoms with Gasteiger partial charge in [-0.3, -0.25) is 9.36 Å². The Kier molecular flexibility index (Phi) is 3.58. The molecule has 2 heteroatoms. The van der Waals surface area contributed by atoms with E-state index in [0.717, 1.165) is 18.8 Å². The molecule has 3 rings (SSSR count). The maximum absolute atomic E-state index is 12.6. The van der Waals surface area contributed by atoms with Crippen LogP contribution in [0, 0.1) is 17.8 Å². The lowest BCUT2D eigenvalue weighted by molar-refractivity contribution is 0.0753. The number of allylic oxidation sites excluding steroid dienone is 1. The van der Waals surface area contributed by atoms with Crippen molar-refractivity contribution >= 4 is 5.91 Å².